The zero-order valence-corrected chi connectivity index (χ0v) is 14.8. The minimum absolute atomic E-state index is 0.233. The molecule has 0 radical (unpaired) electrons. The molecule has 0 spiro atoms. The lowest BCUT2D eigenvalue weighted by molar-refractivity contribution is 0.607. The van der Waals surface area contributed by atoms with E-state index in [1.165, 1.54) is 28.7 Å². The first-order valence-electron chi connectivity index (χ1n) is 8.95. The normalized spacial score (nSPS) is 17.0. The maximum absolute atomic E-state index is 4.37. The molecule has 1 atom stereocenters. The first-order valence-corrected chi connectivity index (χ1v) is 8.95. The van der Waals surface area contributed by atoms with Crippen molar-refractivity contribution in [1.82, 2.24) is 15.5 Å². The molecule has 0 bridgehead atoms. The van der Waals surface area contributed by atoms with Crippen LogP contribution in [0, 0.1) is 13.8 Å². The molecule has 1 aliphatic rings. The van der Waals surface area contributed by atoms with Crippen molar-refractivity contribution in [3.8, 4) is 11.3 Å². The number of hydrogen-bond acceptors (Lipinski definition) is 3. The summed E-state index contributed by atoms with van der Waals surface area (Å²) in [5, 5.41) is 12.3. The highest BCUT2D eigenvalue weighted by Crippen LogP contribution is 2.32. The van der Waals surface area contributed by atoms with E-state index < -0.39 is 0 Å². The van der Waals surface area contributed by atoms with Gasteiger partial charge in [0.25, 0.3) is 0 Å². The standard InChI is InChI=1S/C22H23N3/c1-15-6-3-4-8-19(15)22-20-14-18(21-12-9-16(2)24-25-21)11-10-17(20)7-5-13-23-22/h3-4,6,8-12,14,22-23H,5,7,13H2,1-2H3. The molecule has 25 heavy (non-hydrogen) atoms. The molecule has 2 heterocycles. The number of nitrogens with one attached hydrogen (secondary N) is 1. The van der Waals surface area contributed by atoms with Crippen molar-refractivity contribution in [2.24, 2.45) is 0 Å². The Balaban J connectivity index is 1.82. The monoisotopic (exact) mass is 329 g/mol. The van der Waals surface area contributed by atoms with E-state index in [9.17, 15) is 0 Å². The van der Waals surface area contributed by atoms with Crippen molar-refractivity contribution >= 4 is 0 Å². The van der Waals surface area contributed by atoms with Crippen LogP contribution in [0.3, 0.4) is 0 Å². The first-order chi connectivity index (χ1) is 12.2. The molecular formula is C22H23N3. The quantitative estimate of drug-likeness (QED) is 0.758. The van der Waals surface area contributed by atoms with Gasteiger partial charge in [-0.25, -0.2) is 0 Å². The molecule has 1 unspecified atom stereocenters. The summed E-state index contributed by atoms with van der Waals surface area (Å²) in [6.07, 6.45) is 2.28. The van der Waals surface area contributed by atoms with Gasteiger partial charge in [-0.1, -0.05) is 36.4 Å². The highest BCUT2D eigenvalue weighted by molar-refractivity contribution is 5.62. The Morgan fingerprint density at radius 2 is 1.80 bits per heavy atom. The summed E-state index contributed by atoms with van der Waals surface area (Å²) in [7, 11) is 0. The molecule has 126 valence electrons. The van der Waals surface area contributed by atoms with Crippen LogP contribution in [0.2, 0.25) is 0 Å². The number of aryl methyl sites for hydroxylation is 3. The number of hydrogen-bond donors (Lipinski definition) is 1. The van der Waals surface area contributed by atoms with Crippen molar-refractivity contribution < 1.29 is 0 Å². The lowest BCUT2D eigenvalue weighted by Gasteiger charge is -2.22. The lowest BCUT2D eigenvalue weighted by Crippen LogP contribution is -2.22. The van der Waals surface area contributed by atoms with Gasteiger partial charge in [0.05, 0.1) is 17.4 Å². The molecule has 3 nitrogen and oxygen atoms in total. The molecule has 3 heteroatoms. The van der Waals surface area contributed by atoms with E-state index in [1.807, 2.05) is 13.0 Å². The SMILES string of the molecule is Cc1ccc(-c2ccc3c(c2)C(c2ccccc2C)NCCC3)nn1. The Kier molecular flexibility index (Phi) is 4.33. The van der Waals surface area contributed by atoms with Crippen LogP contribution in [0.5, 0.6) is 0 Å². The summed E-state index contributed by atoms with van der Waals surface area (Å²) >= 11 is 0. The zero-order chi connectivity index (χ0) is 17.2. The van der Waals surface area contributed by atoms with Crippen molar-refractivity contribution in [2.45, 2.75) is 32.7 Å². The predicted molar refractivity (Wildman–Crippen MR) is 102 cm³/mol. The van der Waals surface area contributed by atoms with Gasteiger partial charge in [-0.3, -0.25) is 0 Å². The van der Waals surface area contributed by atoms with E-state index >= 15 is 0 Å². The second-order valence-corrected chi connectivity index (χ2v) is 6.82. The molecule has 0 aliphatic carbocycles. The first kappa shape index (κ1) is 16.0. The molecule has 0 saturated carbocycles. The summed E-state index contributed by atoms with van der Waals surface area (Å²) in [5.74, 6) is 0. The second-order valence-electron chi connectivity index (χ2n) is 6.82. The van der Waals surface area contributed by atoms with Gasteiger partial charge in [0.1, 0.15) is 0 Å². The molecule has 4 rings (SSSR count). The molecular weight excluding hydrogens is 306 g/mol. The van der Waals surface area contributed by atoms with Crippen LogP contribution in [0.1, 0.15) is 40.4 Å². The van der Waals surface area contributed by atoms with E-state index in [0.29, 0.717) is 0 Å². The Morgan fingerprint density at radius 3 is 2.60 bits per heavy atom. The molecule has 0 saturated heterocycles. The molecule has 0 amide bonds. The van der Waals surface area contributed by atoms with Crippen molar-refractivity contribution in [2.75, 3.05) is 6.54 Å². The van der Waals surface area contributed by atoms with Gasteiger partial charge in [-0.05, 0) is 73.7 Å². The largest absolute Gasteiger partial charge is 0.306 e. The zero-order valence-electron chi connectivity index (χ0n) is 14.8. The number of nitrogens with zero attached hydrogens (tertiary/aromatic N) is 2. The van der Waals surface area contributed by atoms with E-state index in [2.05, 4.69) is 71.0 Å². The highest BCUT2D eigenvalue weighted by Gasteiger charge is 2.21. The van der Waals surface area contributed by atoms with Crippen LogP contribution >= 0.6 is 0 Å². The summed E-state index contributed by atoms with van der Waals surface area (Å²) in [6, 6.07) is 19.7. The van der Waals surface area contributed by atoms with Crippen LogP contribution < -0.4 is 5.32 Å². The van der Waals surface area contributed by atoms with Crippen molar-refractivity contribution in [3.05, 3.63) is 82.5 Å². The van der Waals surface area contributed by atoms with Crippen LogP contribution in [-0.2, 0) is 6.42 Å². The van der Waals surface area contributed by atoms with Crippen molar-refractivity contribution in [1.29, 1.82) is 0 Å². The lowest BCUT2D eigenvalue weighted by atomic mass is 9.90. The Hall–Kier alpha value is -2.52. The summed E-state index contributed by atoms with van der Waals surface area (Å²) < 4.78 is 0. The third kappa shape index (κ3) is 3.20. The Labute approximate surface area is 149 Å². The predicted octanol–water partition coefficient (Wildman–Crippen LogP) is 4.39. The fourth-order valence-corrected chi connectivity index (χ4v) is 3.63. The van der Waals surface area contributed by atoms with Gasteiger partial charge in [0.15, 0.2) is 0 Å². The van der Waals surface area contributed by atoms with Crippen LogP contribution in [0.15, 0.2) is 54.6 Å². The molecule has 1 aliphatic heterocycles. The summed E-state index contributed by atoms with van der Waals surface area (Å²) in [5.41, 5.74) is 8.49. The summed E-state index contributed by atoms with van der Waals surface area (Å²) in [4.78, 5) is 0. The third-order valence-corrected chi connectivity index (χ3v) is 5.02. The van der Waals surface area contributed by atoms with E-state index in [0.717, 1.165) is 29.9 Å². The average molecular weight is 329 g/mol. The van der Waals surface area contributed by atoms with Gasteiger partial charge in [0, 0.05) is 5.56 Å². The van der Waals surface area contributed by atoms with Gasteiger partial charge >= 0.3 is 0 Å². The molecule has 2 aromatic carbocycles. The number of benzene rings is 2. The van der Waals surface area contributed by atoms with Crippen LogP contribution in [0.4, 0.5) is 0 Å². The average Bonchev–Trinajstić information content (AvgIpc) is 2.85. The van der Waals surface area contributed by atoms with E-state index in [4.69, 9.17) is 0 Å². The van der Waals surface area contributed by atoms with Crippen LogP contribution in [0.25, 0.3) is 11.3 Å². The third-order valence-electron chi connectivity index (χ3n) is 5.02. The van der Waals surface area contributed by atoms with E-state index in [-0.39, 0.29) is 6.04 Å². The highest BCUT2D eigenvalue weighted by atomic mass is 15.1. The Morgan fingerprint density at radius 1 is 0.920 bits per heavy atom. The van der Waals surface area contributed by atoms with Crippen LogP contribution in [-0.4, -0.2) is 16.7 Å². The number of rotatable bonds is 2. The van der Waals surface area contributed by atoms with Gasteiger partial charge in [-0.2, -0.15) is 10.2 Å². The van der Waals surface area contributed by atoms with Crippen molar-refractivity contribution in [3.63, 3.8) is 0 Å². The summed E-state index contributed by atoms with van der Waals surface area (Å²) in [6.45, 7) is 5.19. The fraction of sp³-hybridized carbons (Fsp3) is 0.273. The molecule has 1 aromatic heterocycles. The molecule has 3 aromatic rings. The minimum Gasteiger partial charge on any atom is -0.306 e. The maximum atomic E-state index is 4.37. The van der Waals surface area contributed by atoms with Gasteiger partial charge in [-0.15, -0.1) is 0 Å². The van der Waals surface area contributed by atoms with Gasteiger partial charge in [0.2, 0.25) is 0 Å². The second kappa shape index (κ2) is 6.77. The van der Waals surface area contributed by atoms with E-state index in [1.54, 1.807) is 0 Å². The van der Waals surface area contributed by atoms with Gasteiger partial charge < -0.3 is 5.32 Å². The number of aromatic nitrogens is 2. The number of fused-ring (bicyclic) bond motifs is 1. The smallest absolute Gasteiger partial charge is 0.0929 e. The Bertz CT molecular complexity index is 884. The topological polar surface area (TPSA) is 37.8 Å². The fourth-order valence-electron chi connectivity index (χ4n) is 3.63. The minimum atomic E-state index is 0.233. The molecule has 0 fully saturated rings. The maximum Gasteiger partial charge on any atom is 0.0929 e. The molecule has 1 N–H and O–H groups in total.